The molecule has 112 valence electrons. The van der Waals surface area contributed by atoms with Crippen molar-refractivity contribution in [2.45, 2.75) is 17.7 Å². The molecule has 0 bridgehead atoms. The van der Waals surface area contributed by atoms with Gasteiger partial charge < -0.3 is 5.32 Å². The Hall–Kier alpha value is -1.52. The van der Waals surface area contributed by atoms with E-state index in [1.165, 1.54) is 0 Å². The molecule has 21 heavy (non-hydrogen) atoms. The molecular formula is C11H11BrN4O3S2. The van der Waals surface area contributed by atoms with E-state index >= 15 is 0 Å². The molecule has 2 N–H and O–H groups in total. The number of carbonyl (C=O) groups excluding carboxylic acids is 1. The number of benzene rings is 1. The topological polar surface area (TPSA) is 101 Å². The van der Waals surface area contributed by atoms with Gasteiger partial charge in [-0.15, -0.1) is 10.2 Å². The van der Waals surface area contributed by atoms with Gasteiger partial charge in [0.15, 0.2) is 0 Å². The second kappa shape index (κ2) is 6.50. The molecule has 0 saturated heterocycles. The highest BCUT2D eigenvalue weighted by atomic mass is 79.9. The maximum atomic E-state index is 12.2. The van der Waals surface area contributed by atoms with Gasteiger partial charge in [0, 0.05) is 10.9 Å². The lowest BCUT2D eigenvalue weighted by Crippen LogP contribution is -2.13. The minimum Gasteiger partial charge on any atom is -0.301 e. The van der Waals surface area contributed by atoms with E-state index in [0.29, 0.717) is 10.2 Å². The highest BCUT2D eigenvalue weighted by Crippen LogP contribution is 2.26. The molecule has 1 aromatic heterocycles. The number of nitrogens with zero attached hydrogens (tertiary/aromatic N) is 2. The number of hydrogen-bond acceptors (Lipinski definition) is 6. The number of para-hydroxylation sites is 1. The first kappa shape index (κ1) is 15.9. The molecule has 2 rings (SSSR count). The number of aromatic nitrogens is 2. The van der Waals surface area contributed by atoms with Crippen LogP contribution in [0.5, 0.6) is 0 Å². The van der Waals surface area contributed by atoms with Crippen molar-refractivity contribution < 1.29 is 13.2 Å². The summed E-state index contributed by atoms with van der Waals surface area (Å²) in [4.78, 5) is 11.2. The monoisotopic (exact) mass is 390 g/mol. The average molecular weight is 391 g/mol. The molecule has 0 atom stereocenters. The van der Waals surface area contributed by atoms with Gasteiger partial charge in [0.2, 0.25) is 11.0 Å². The second-order valence-electron chi connectivity index (χ2n) is 3.86. The Bertz CT molecular complexity index is 760. The molecule has 7 nitrogen and oxygen atoms in total. The Morgan fingerprint density at radius 3 is 2.71 bits per heavy atom. The lowest BCUT2D eigenvalue weighted by Gasteiger charge is -2.06. The van der Waals surface area contributed by atoms with Crippen LogP contribution in [0.2, 0.25) is 0 Å². The molecule has 10 heteroatoms. The van der Waals surface area contributed by atoms with Crippen LogP contribution in [0.15, 0.2) is 33.1 Å². The van der Waals surface area contributed by atoms with Gasteiger partial charge in [-0.1, -0.05) is 30.4 Å². The van der Waals surface area contributed by atoms with E-state index in [-0.39, 0.29) is 21.8 Å². The third-order valence-corrected chi connectivity index (χ3v) is 5.59. The van der Waals surface area contributed by atoms with Crippen molar-refractivity contribution in [3.05, 3.63) is 28.7 Å². The summed E-state index contributed by atoms with van der Waals surface area (Å²) in [6.07, 6.45) is 0.275. The third kappa shape index (κ3) is 3.99. The maximum absolute atomic E-state index is 12.2. The quantitative estimate of drug-likeness (QED) is 0.763. The summed E-state index contributed by atoms with van der Waals surface area (Å²) in [5, 5.41) is 9.84. The van der Waals surface area contributed by atoms with E-state index in [0.717, 1.165) is 11.3 Å². The molecule has 1 aromatic carbocycles. The van der Waals surface area contributed by atoms with Crippen LogP contribution in [0.25, 0.3) is 0 Å². The largest absolute Gasteiger partial charge is 0.301 e. The zero-order valence-corrected chi connectivity index (χ0v) is 14.0. The molecular weight excluding hydrogens is 380 g/mol. The summed E-state index contributed by atoms with van der Waals surface area (Å²) < 4.78 is 27.2. The minimum atomic E-state index is -3.84. The first-order valence-corrected chi connectivity index (χ1v) is 8.92. The number of halogens is 1. The summed E-state index contributed by atoms with van der Waals surface area (Å²) in [5.74, 6) is -0.256. The van der Waals surface area contributed by atoms with E-state index in [1.54, 1.807) is 31.2 Å². The number of nitrogens with one attached hydrogen (secondary N) is 2. The van der Waals surface area contributed by atoms with Crippen molar-refractivity contribution in [3.63, 3.8) is 0 Å². The van der Waals surface area contributed by atoms with Crippen LogP contribution < -0.4 is 10.0 Å². The standard InChI is InChI=1S/C11H11BrN4O3S2/c1-2-9(17)13-10-14-15-11(20-10)21(18,19)16-8-6-4-3-5-7(8)12/h3-6,16H,2H2,1H3,(H,13,14,17). The van der Waals surface area contributed by atoms with E-state index in [2.05, 4.69) is 36.2 Å². The fraction of sp³-hybridized carbons (Fsp3) is 0.182. The molecule has 0 spiro atoms. The summed E-state index contributed by atoms with van der Waals surface area (Å²) in [6.45, 7) is 1.68. The normalized spacial score (nSPS) is 11.1. The highest BCUT2D eigenvalue weighted by molar-refractivity contribution is 9.10. The second-order valence-corrected chi connectivity index (χ2v) is 7.55. The molecule has 0 saturated carbocycles. The molecule has 0 aliphatic carbocycles. The van der Waals surface area contributed by atoms with Crippen LogP contribution in [-0.4, -0.2) is 24.5 Å². The Balaban J connectivity index is 2.20. The number of carbonyl (C=O) groups is 1. The van der Waals surface area contributed by atoms with Crippen LogP contribution >= 0.6 is 27.3 Å². The molecule has 0 radical (unpaired) electrons. The maximum Gasteiger partial charge on any atom is 0.291 e. The van der Waals surface area contributed by atoms with E-state index in [9.17, 15) is 13.2 Å². The van der Waals surface area contributed by atoms with Gasteiger partial charge in [-0.3, -0.25) is 9.52 Å². The van der Waals surface area contributed by atoms with Crippen molar-refractivity contribution in [2.75, 3.05) is 10.0 Å². The lowest BCUT2D eigenvalue weighted by atomic mass is 10.3. The van der Waals surface area contributed by atoms with Crippen molar-refractivity contribution in [1.29, 1.82) is 0 Å². The number of rotatable bonds is 5. The van der Waals surface area contributed by atoms with E-state index < -0.39 is 10.0 Å². The Labute approximate surface area is 134 Å². The van der Waals surface area contributed by atoms with Gasteiger partial charge >= 0.3 is 0 Å². The Morgan fingerprint density at radius 2 is 2.05 bits per heavy atom. The fourth-order valence-corrected chi connectivity index (χ4v) is 3.82. The summed E-state index contributed by atoms with van der Waals surface area (Å²) >= 11 is 4.04. The fourth-order valence-electron chi connectivity index (χ4n) is 1.31. The predicted octanol–water partition coefficient (Wildman–Crippen LogP) is 2.45. The number of hydrogen-bond donors (Lipinski definition) is 2. The first-order valence-electron chi connectivity index (χ1n) is 5.83. The number of amides is 1. The van der Waals surface area contributed by atoms with Crippen molar-refractivity contribution in [1.82, 2.24) is 10.2 Å². The lowest BCUT2D eigenvalue weighted by molar-refractivity contribution is -0.115. The van der Waals surface area contributed by atoms with Gasteiger partial charge in [-0.25, -0.2) is 0 Å². The van der Waals surface area contributed by atoms with Gasteiger partial charge in [-0.2, -0.15) is 8.42 Å². The van der Waals surface area contributed by atoms with Crippen LogP contribution in [0.1, 0.15) is 13.3 Å². The molecule has 0 fully saturated rings. The van der Waals surface area contributed by atoms with Crippen LogP contribution in [0.3, 0.4) is 0 Å². The van der Waals surface area contributed by atoms with Gasteiger partial charge in [-0.05, 0) is 28.1 Å². The van der Waals surface area contributed by atoms with Crippen molar-refractivity contribution in [3.8, 4) is 0 Å². The van der Waals surface area contributed by atoms with Crippen LogP contribution in [0, 0.1) is 0 Å². The van der Waals surface area contributed by atoms with Crippen molar-refractivity contribution in [2.24, 2.45) is 0 Å². The zero-order valence-electron chi connectivity index (χ0n) is 10.8. The molecule has 1 amide bonds. The number of sulfonamides is 1. The third-order valence-electron chi connectivity index (χ3n) is 2.32. The van der Waals surface area contributed by atoms with Gasteiger partial charge in [0.1, 0.15) is 0 Å². The SMILES string of the molecule is CCC(=O)Nc1nnc(S(=O)(=O)Nc2ccccc2Br)s1. The summed E-state index contributed by atoms with van der Waals surface area (Å²) in [6, 6.07) is 6.80. The molecule has 1 heterocycles. The molecule has 0 unspecified atom stereocenters. The van der Waals surface area contributed by atoms with Crippen LogP contribution in [-0.2, 0) is 14.8 Å². The molecule has 2 aromatic rings. The average Bonchev–Trinajstić information content (AvgIpc) is 2.90. The first-order chi connectivity index (χ1) is 9.92. The molecule has 0 aliphatic heterocycles. The van der Waals surface area contributed by atoms with Gasteiger partial charge in [0.05, 0.1) is 5.69 Å². The van der Waals surface area contributed by atoms with Crippen LogP contribution in [0.4, 0.5) is 10.8 Å². The predicted molar refractivity (Wildman–Crippen MR) is 83.8 cm³/mol. The highest BCUT2D eigenvalue weighted by Gasteiger charge is 2.21. The zero-order chi connectivity index (χ0) is 15.5. The van der Waals surface area contributed by atoms with Crippen molar-refractivity contribution >= 4 is 54.0 Å². The smallest absolute Gasteiger partial charge is 0.291 e. The van der Waals surface area contributed by atoms with E-state index in [4.69, 9.17) is 0 Å². The number of anilines is 2. The minimum absolute atomic E-state index is 0.148. The van der Waals surface area contributed by atoms with Gasteiger partial charge in [0.25, 0.3) is 14.4 Å². The Morgan fingerprint density at radius 1 is 1.33 bits per heavy atom. The van der Waals surface area contributed by atoms with E-state index in [1.807, 2.05) is 0 Å². The Kier molecular flexibility index (Phi) is 4.91. The summed E-state index contributed by atoms with van der Waals surface area (Å²) in [7, 11) is -3.84. The summed E-state index contributed by atoms with van der Waals surface area (Å²) in [5.41, 5.74) is 0.395. The molecule has 0 aliphatic rings.